The van der Waals surface area contributed by atoms with Gasteiger partial charge in [0.1, 0.15) is 5.75 Å². The van der Waals surface area contributed by atoms with Gasteiger partial charge in [0.05, 0.1) is 0 Å². The second kappa shape index (κ2) is 3.67. The lowest BCUT2D eigenvalue weighted by atomic mass is 10.1. The smallest absolute Gasteiger partial charge is 0.418 e. The number of aliphatic hydroxyl groups excluding tert-OH is 1. The van der Waals surface area contributed by atoms with E-state index in [0.717, 1.165) is 18.2 Å². The largest absolute Gasteiger partial charge is 0.508 e. The molecule has 78 valence electrons. The number of benzene rings is 1. The Kier molecular flexibility index (Phi) is 2.92. The molecule has 0 heterocycles. The minimum atomic E-state index is -4.80. The standard InChI is InChI=1S/C8H6ClF3O2/c9-4-1-2-5(6(13)3-4)7(14)8(10,11)12/h1-3,7,13-14H/t7-/m0/s1. The quantitative estimate of drug-likeness (QED) is 0.773. The lowest BCUT2D eigenvalue weighted by Crippen LogP contribution is -2.20. The number of phenols is 1. The molecular weight excluding hydrogens is 221 g/mol. The Morgan fingerprint density at radius 1 is 1.29 bits per heavy atom. The summed E-state index contributed by atoms with van der Waals surface area (Å²) in [5, 5.41) is 18.0. The van der Waals surface area contributed by atoms with Gasteiger partial charge in [0.2, 0.25) is 0 Å². The fourth-order valence-electron chi connectivity index (χ4n) is 0.924. The van der Waals surface area contributed by atoms with Gasteiger partial charge < -0.3 is 10.2 Å². The molecule has 0 aliphatic heterocycles. The van der Waals surface area contributed by atoms with Crippen molar-refractivity contribution in [2.75, 3.05) is 0 Å². The summed E-state index contributed by atoms with van der Waals surface area (Å²) in [6.07, 6.45) is -7.49. The highest BCUT2D eigenvalue weighted by Crippen LogP contribution is 2.37. The zero-order valence-electron chi connectivity index (χ0n) is 6.72. The fourth-order valence-corrected chi connectivity index (χ4v) is 1.09. The van der Waals surface area contributed by atoms with Gasteiger partial charge in [0.15, 0.2) is 6.10 Å². The van der Waals surface area contributed by atoms with E-state index in [1.807, 2.05) is 0 Å². The fraction of sp³-hybridized carbons (Fsp3) is 0.250. The first-order valence-electron chi connectivity index (χ1n) is 3.55. The Bertz CT molecular complexity index is 338. The van der Waals surface area contributed by atoms with Crippen LogP contribution in [0.3, 0.4) is 0 Å². The van der Waals surface area contributed by atoms with Crippen molar-refractivity contribution in [2.24, 2.45) is 0 Å². The summed E-state index contributed by atoms with van der Waals surface area (Å²) in [4.78, 5) is 0. The van der Waals surface area contributed by atoms with Crippen LogP contribution in [0.1, 0.15) is 11.7 Å². The van der Waals surface area contributed by atoms with Gasteiger partial charge in [-0.25, -0.2) is 0 Å². The Hall–Kier alpha value is -0.940. The van der Waals surface area contributed by atoms with Crippen molar-refractivity contribution < 1.29 is 23.4 Å². The van der Waals surface area contributed by atoms with Crippen LogP contribution in [-0.2, 0) is 0 Å². The van der Waals surface area contributed by atoms with Crippen LogP contribution in [0.15, 0.2) is 18.2 Å². The summed E-state index contributed by atoms with van der Waals surface area (Å²) >= 11 is 5.41. The van der Waals surface area contributed by atoms with Crippen LogP contribution >= 0.6 is 11.6 Å². The molecule has 0 aliphatic rings. The van der Waals surface area contributed by atoms with Crippen molar-refractivity contribution in [1.29, 1.82) is 0 Å². The van der Waals surface area contributed by atoms with Crippen LogP contribution in [0.4, 0.5) is 13.2 Å². The molecule has 0 aliphatic carbocycles. The van der Waals surface area contributed by atoms with Gasteiger partial charge >= 0.3 is 6.18 Å². The van der Waals surface area contributed by atoms with Crippen molar-refractivity contribution in [1.82, 2.24) is 0 Å². The minimum Gasteiger partial charge on any atom is -0.508 e. The molecule has 0 fully saturated rings. The molecule has 0 saturated heterocycles. The van der Waals surface area contributed by atoms with Gasteiger partial charge in [-0.3, -0.25) is 0 Å². The summed E-state index contributed by atoms with van der Waals surface area (Å²) in [5.74, 6) is -0.678. The summed E-state index contributed by atoms with van der Waals surface area (Å²) in [6.45, 7) is 0. The minimum absolute atomic E-state index is 0.0978. The van der Waals surface area contributed by atoms with E-state index in [1.54, 1.807) is 0 Å². The number of aliphatic hydroxyl groups is 1. The highest BCUT2D eigenvalue weighted by atomic mass is 35.5. The van der Waals surface area contributed by atoms with Crippen molar-refractivity contribution in [3.63, 3.8) is 0 Å². The first-order valence-corrected chi connectivity index (χ1v) is 3.93. The molecule has 1 rings (SSSR count). The first kappa shape index (κ1) is 11.1. The third kappa shape index (κ3) is 2.30. The highest BCUT2D eigenvalue weighted by molar-refractivity contribution is 6.30. The van der Waals surface area contributed by atoms with Crippen LogP contribution in [0, 0.1) is 0 Å². The number of hydrogen-bond acceptors (Lipinski definition) is 2. The van der Waals surface area contributed by atoms with E-state index in [0.29, 0.717) is 0 Å². The lowest BCUT2D eigenvalue weighted by Gasteiger charge is -2.15. The molecule has 0 aromatic heterocycles. The van der Waals surface area contributed by atoms with Crippen LogP contribution in [0.25, 0.3) is 0 Å². The number of phenolic OH excluding ortho intramolecular Hbond substituents is 1. The van der Waals surface area contributed by atoms with Crippen molar-refractivity contribution in [2.45, 2.75) is 12.3 Å². The number of hydrogen-bond donors (Lipinski definition) is 2. The number of rotatable bonds is 1. The number of alkyl halides is 3. The molecule has 0 unspecified atom stereocenters. The maximum Gasteiger partial charge on any atom is 0.418 e. The molecule has 0 spiro atoms. The third-order valence-corrected chi connectivity index (χ3v) is 1.83. The van der Waals surface area contributed by atoms with Crippen molar-refractivity contribution in [3.05, 3.63) is 28.8 Å². The van der Waals surface area contributed by atoms with Crippen LogP contribution in [0.2, 0.25) is 5.02 Å². The van der Waals surface area contributed by atoms with E-state index < -0.39 is 23.6 Å². The van der Waals surface area contributed by atoms with Gasteiger partial charge in [-0.05, 0) is 12.1 Å². The maximum absolute atomic E-state index is 12.0. The second-order valence-corrected chi connectivity index (χ2v) is 3.08. The molecule has 14 heavy (non-hydrogen) atoms. The first-order chi connectivity index (χ1) is 6.32. The van der Waals surface area contributed by atoms with Crippen molar-refractivity contribution in [3.8, 4) is 5.75 Å². The number of aromatic hydroxyl groups is 1. The molecule has 1 aromatic rings. The molecule has 0 amide bonds. The zero-order valence-corrected chi connectivity index (χ0v) is 7.47. The maximum atomic E-state index is 12.0. The van der Waals surface area contributed by atoms with E-state index in [1.165, 1.54) is 0 Å². The molecule has 0 saturated carbocycles. The molecule has 1 aromatic carbocycles. The molecule has 2 nitrogen and oxygen atoms in total. The van der Waals surface area contributed by atoms with Crippen LogP contribution in [0.5, 0.6) is 5.75 Å². The average Bonchev–Trinajstić information content (AvgIpc) is 2.01. The van der Waals surface area contributed by atoms with Gasteiger partial charge in [-0.1, -0.05) is 17.7 Å². The monoisotopic (exact) mass is 226 g/mol. The Morgan fingerprint density at radius 3 is 2.29 bits per heavy atom. The van der Waals surface area contributed by atoms with E-state index in [-0.39, 0.29) is 5.02 Å². The van der Waals surface area contributed by atoms with Gasteiger partial charge in [0.25, 0.3) is 0 Å². The predicted octanol–water partition coefficient (Wildman–Crippen LogP) is 2.64. The zero-order chi connectivity index (χ0) is 10.9. The van der Waals surface area contributed by atoms with E-state index in [4.69, 9.17) is 21.8 Å². The van der Waals surface area contributed by atoms with Crippen LogP contribution < -0.4 is 0 Å². The summed E-state index contributed by atoms with van der Waals surface area (Å²) in [6, 6.07) is 3.02. The summed E-state index contributed by atoms with van der Waals surface area (Å²) in [7, 11) is 0. The average molecular weight is 227 g/mol. The SMILES string of the molecule is Oc1cc(Cl)ccc1[C@H](O)C(F)(F)F. The molecule has 0 radical (unpaired) electrons. The Balaban J connectivity index is 3.08. The normalized spacial score (nSPS) is 14.1. The lowest BCUT2D eigenvalue weighted by molar-refractivity contribution is -0.207. The van der Waals surface area contributed by atoms with Gasteiger partial charge in [0, 0.05) is 10.6 Å². The summed E-state index contributed by atoms with van der Waals surface area (Å²) in [5.41, 5.74) is -0.609. The van der Waals surface area contributed by atoms with Crippen LogP contribution in [-0.4, -0.2) is 16.4 Å². The molecule has 1 atom stereocenters. The Morgan fingerprint density at radius 2 is 1.86 bits per heavy atom. The van der Waals surface area contributed by atoms with E-state index in [9.17, 15) is 13.2 Å². The number of halogens is 4. The third-order valence-electron chi connectivity index (χ3n) is 1.60. The van der Waals surface area contributed by atoms with E-state index in [2.05, 4.69) is 0 Å². The predicted molar refractivity (Wildman–Crippen MR) is 44.1 cm³/mol. The summed E-state index contributed by atoms with van der Waals surface area (Å²) < 4.78 is 36.1. The Labute approximate surface area is 82.5 Å². The molecule has 6 heteroatoms. The molecular formula is C8H6ClF3O2. The topological polar surface area (TPSA) is 40.5 Å². The second-order valence-electron chi connectivity index (χ2n) is 2.65. The van der Waals surface area contributed by atoms with Gasteiger partial charge in [-0.2, -0.15) is 13.2 Å². The van der Waals surface area contributed by atoms with Gasteiger partial charge in [-0.15, -0.1) is 0 Å². The van der Waals surface area contributed by atoms with Crippen molar-refractivity contribution >= 4 is 11.6 Å². The molecule has 2 N–H and O–H groups in total. The molecule has 0 bridgehead atoms. The van der Waals surface area contributed by atoms with E-state index >= 15 is 0 Å². The highest BCUT2D eigenvalue weighted by Gasteiger charge is 2.40.